The third-order valence-electron chi connectivity index (χ3n) is 1.89. The molecule has 0 aliphatic rings. The Morgan fingerprint density at radius 2 is 2.27 bits per heavy atom. The summed E-state index contributed by atoms with van der Waals surface area (Å²) < 4.78 is 13.3. The molecule has 1 atom stereocenters. The zero-order chi connectivity index (χ0) is 11.4. The summed E-state index contributed by atoms with van der Waals surface area (Å²) in [5.74, 6) is -0.754. The number of hydrogen-bond acceptors (Lipinski definition) is 4. The molecule has 1 unspecified atom stereocenters. The molecule has 78 valence electrons. The maximum absolute atomic E-state index is 13.3. The summed E-state index contributed by atoms with van der Waals surface area (Å²) >= 11 is 0. The largest absolute Gasteiger partial charge is 0.272 e. The van der Waals surface area contributed by atoms with Crippen LogP contribution >= 0.6 is 0 Å². The first-order valence-corrected chi connectivity index (χ1v) is 4.07. The molecular formula is C9H7FN2O3. The average Bonchev–Trinajstić information content (AvgIpc) is 2.17. The summed E-state index contributed by atoms with van der Waals surface area (Å²) in [7, 11) is 0. The molecule has 0 amide bonds. The molecular weight excluding hydrogens is 203 g/mol. The van der Waals surface area contributed by atoms with Gasteiger partial charge in [0.05, 0.1) is 17.0 Å². The van der Waals surface area contributed by atoms with E-state index in [0.29, 0.717) is 0 Å². The summed E-state index contributed by atoms with van der Waals surface area (Å²) in [4.78, 5) is 22.9. The second kappa shape index (κ2) is 4.43. The fraction of sp³-hybridized carbons (Fsp3) is 0.222. The van der Waals surface area contributed by atoms with Crippen molar-refractivity contribution >= 4 is 11.8 Å². The first-order valence-electron chi connectivity index (χ1n) is 4.07. The predicted molar refractivity (Wildman–Crippen MR) is 49.6 cm³/mol. The van der Waals surface area contributed by atoms with E-state index in [9.17, 15) is 19.3 Å². The topological polar surface area (TPSA) is 72.6 Å². The van der Waals surface area contributed by atoms with Gasteiger partial charge in [-0.05, 0) is 13.0 Å². The van der Waals surface area contributed by atoms with Crippen molar-refractivity contribution in [2.75, 3.05) is 0 Å². The fourth-order valence-corrected chi connectivity index (χ4v) is 1.12. The predicted octanol–water partition coefficient (Wildman–Crippen LogP) is 2.13. The lowest BCUT2D eigenvalue weighted by atomic mass is 10.1. The number of non-ortho nitro benzene ring substituents is 1. The number of carbonyl (C=O) groups excluding carboxylic acids is 1. The maximum Gasteiger partial charge on any atom is 0.272 e. The third kappa shape index (κ3) is 2.45. The monoisotopic (exact) mass is 210 g/mol. The van der Waals surface area contributed by atoms with Gasteiger partial charge in [-0.25, -0.2) is 9.18 Å². The summed E-state index contributed by atoms with van der Waals surface area (Å²) in [6.07, 6.45) is 1.31. The Morgan fingerprint density at radius 3 is 2.73 bits per heavy atom. The van der Waals surface area contributed by atoms with Crippen molar-refractivity contribution in [2.45, 2.75) is 13.0 Å². The molecule has 0 saturated heterocycles. The highest BCUT2D eigenvalue weighted by Crippen LogP contribution is 2.23. The molecule has 0 aliphatic heterocycles. The van der Waals surface area contributed by atoms with Crippen molar-refractivity contribution in [3.8, 4) is 0 Å². The van der Waals surface area contributed by atoms with Crippen LogP contribution in [0.2, 0.25) is 0 Å². The highest BCUT2D eigenvalue weighted by atomic mass is 19.1. The number of isocyanates is 1. The molecule has 0 N–H and O–H groups in total. The minimum atomic E-state index is -0.754. The zero-order valence-electron chi connectivity index (χ0n) is 7.81. The normalized spacial score (nSPS) is 11.6. The first kappa shape index (κ1) is 11.0. The molecule has 15 heavy (non-hydrogen) atoms. The number of nitro groups is 1. The smallest absolute Gasteiger partial charge is 0.258 e. The summed E-state index contributed by atoms with van der Waals surface area (Å²) in [5, 5.41) is 10.3. The van der Waals surface area contributed by atoms with Gasteiger partial charge in [-0.1, -0.05) is 0 Å². The van der Waals surface area contributed by atoms with Crippen molar-refractivity contribution in [1.82, 2.24) is 0 Å². The molecule has 6 heteroatoms. The van der Waals surface area contributed by atoms with Crippen molar-refractivity contribution < 1.29 is 14.1 Å². The van der Waals surface area contributed by atoms with Crippen LogP contribution in [0.1, 0.15) is 18.5 Å². The van der Waals surface area contributed by atoms with E-state index in [-0.39, 0.29) is 11.3 Å². The number of nitrogens with zero attached hydrogens (tertiary/aromatic N) is 2. The molecule has 0 aliphatic carbocycles. The second-order valence-corrected chi connectivity index (χ2v) is 2.86. The van der Waals surface area contributed by atoms with Crippen LogP contribution in [-0.4, -0.2) is 11.0 Å². The molecule has 0 spiro atoms. The van der Waals surface area contributed by atoms with E-state index < -0.39 is 16.8 Å². The Hall–Kier alpha value is -2.07. The van der Waals surface area contributed by atoms with Gasteiger partial charge in [0, 0.05) is 11.6 Å². The van der Waals surface area contributed by atoms with Crippen LogP contribution in [0.4, 0.5) is 10.1 Å². The number of hydrogen-bond donors (Lipinski definition) is 0. The number of nitro benzene ring substituents is 1. The van der Waals surface area contributed by atoms with Gasteiger partial charge in [-0.15, -0.1) is 0 Å². The van der Waals surface area contributed by atoms with Gasteiger partial charge in [0.15, 0.2) is 0 Å². The van der Waals surface area contributed by atoms with Crippen LogP contribution in [-0.2, 0) is 4.79 Å². The van der Waals surface area contributed by atoms with Gasteiger partial charge < -0.3 is 0 Å². The Bertz CT molecular complexity index is 441. The Morgan fingerprint density at radius 1 is 1.60 bits per heavy atom. The van der Waals surface area contributed by atoms with Crippen LogP contribution in [0.5, 0.6) is 0 Å². The van der Waals surface area contributed by atoms with E-state index in [2.05, 4.69) is 4.99 Å². The average molecular weight is 210 g/mol. The zero-order valence-corrected chi connectivity index (χ0v) is 7.81. The standard InChI is InChI=1S/C9H7FN2O3/c1-6(11-5-13)8-3-2-7(12(14)15)4-9(8)10/h2-4,6H,1H3. The van der Waals surface area contributed by atoms with E-state index in [1.54, 1.807) is 0 Å². The molecule has 0 heterocycles. The van der Waals surface area contributed by atoms with Crippen molar-refractivity contribution in [3.63, 3.8) is 0 Å². The molecule has 0 aromatic heterocycles. The Balaban J connectivity index is 3.13. The lowest BCUT2D eigenvalue weighted by molar-refractivity contribution is -0.385. The van der Waals surface area contributed by atoms with Crippen LogP contribution in [0, 0.1) is 15.9 Å². The van der Waals surface area contributed by atoms with Crippen molar-refractivity contribution in [3.05, 3.63) is 39.7 Å². The Kier molecular flexibility index (Phi) is 3.25. The van der Waals surface area contributed by atoms with E-state index in [1.807, 2.05) is 0 Å². The highest BCUT2D eigenvalue weighted by Gasteiger charge is 2.14. The van der Waals surface area contributed by atoms with Gasteiger partial charge in [-0.2, -0.15) is 4.99 Å². The Labute approximate surface area is 84.4 Å². The summed E-state index contributed by atoms with van der Waals surface area (Å²) in [6, 6.07) is 2.50. The second-order valence-electron chi connectivity index (χ2n) is 2.86. The van der Waals surface area contributed by atoms with Crippen LogP contribution < -0.4 is 0 Å². The SMILES string of the molecule is CC(N=C=O)c1ccc([N+](=O)[O-])cc1F. The van der Waals surface area contributed by atoms with E-state index in [0.717, 1.165) is 12.1 Å². The minimum Gasteiger partial charge on any atom is -0.258 e. The van der Waals surface area contributed by atoms with E-state index in [4.69, 9.17) is 0 Å². The van der Waals surface area contributed by atoms with E-state index >= 15 is 0 Å². The first-order chi connectivity index (χ1) is 7.06. The summed E-state index contributed by atoms with van der Waals surface area (Å²) in [6.45, 7) is 1.50. The van der Waals surface area contributed by atoms with Crippen LogP contribution in [0.3, 0.4) is 0 Å². The van der Waals surface area contributed by atoms with Crippen molar-refractivity contribution in [1.29, 1.82) is 0 Å². The molecule has 0 radical (unpaired) electrons. The van der Waals surface area contributed by atoms with Crippen molar-refractivity contribution in [2.24, 2.45) is 4.99 Å². The van der Waals surface area contributed by atoms with Gasteiger partial charge in [0.25, 0.3) is 5.69 Å². The van der Waals surface area contributed by atoms with Crippen LogP contribution in [0.25, 0.3) is 0 Å². The number of benzene rings is 1. The highest BCUT2D eigenvalue weighted by molar-refractivity contribution is 5.38. The molecule has 0 bridgehead atoms. The molecule has 0 saturated carbocycles. The third-order valence-corrected chi connectivity index (χ3v) is 1.89. The molecule has 1 rings (SSSR count). The van der Waals surface area contributed by atoms with E-state index in [1.165, 1.54) is 19.1 Å². The molecule has 0 fully saturated rings. The number of rotatable bonds is 3. The quantitative estimate of drug-likeness (QED) is 0.332. The van der Waals surface area contributed by atoms with Gasteiger partial charge in [0.2, 0.25) is 6.08 Å². The fourth-order valence-electron chi connectivity index (χ4n) is 1.12. The van der Waals surface area contributed by atoms with Gasteiger partial charge >= 0.3 is 0 Å². The van der Waals surface area contributed by atoms with Crippen LogP contribution in [0.15, 0.2) is 23.2 Å². The lowest BCUT2D eigenvalue weighted by Gasteiger charge is -2.04. The lowest BCUT2D eigenvalue weighted by Crippen LogP contribution is -1.96. The number of aliphatic imine (C=N–C) groups is 1. The number of halogens is 1. The maximum atomic E-state index is 13.3. The van der Waals surface area contributed by atoms with Gasteiger partial charge in [0.1, 0.15) is 5.82 Å². The summed E-state index contributed by atoms with van der Waals surface area (Å²) in [5.41, 5.74) is -0.206. The van der Waals surface area contributed by atoms with Gasteiger partial charge in [-0.3, -0.25) is 10.1 Å². The molecule has 1 aromatic rings. The molecule has 1 aromatic carbocycles. The molecule has 5 nitrogen and oxygen atoms in total. The minimum absolute atomic E-state index is 0.129.